The second-order valence-corrected chi connectivity index (χ2v) is 6.11. The molecule has 1 N–H and O–H groups in total. The summed E-state index contributed by atoms with van der Waals surface area (Å²) < 4.78 is 3.76. The van der Waals surface area contributed by atoms with E-state index in [1.807, 2.05) is 44.3 Å². The normalized spacial score (nSPS) is 13.6. The van der Waals surface area contributed by atoms with Crippen molar-refractivity contribution in [3.05, 3.63) is 48.0 Å². The molecule has 1 aliphatic rings. The van der Waals surface area contributed by atoms with Gasteiger partial charge in [0.15, 0.2) is 11.6 Å². The fraction of sp³-hybridized carbons (Fsp3) is 0.294. The summed E-state index contributed by atoms with van der Waals surface area (Å²) in [5, 5.41) is 15.7. The number of amides is 2. The van der Waals surface area contributed by atoms with Gasteiger partial charge < -0.3 is 14.8 Å². The Morgan fingerprint density at radius 2 is 1.96 bits per heavy atom. The zero-order valence-electron chi connectivity index (χ0n) is 14.2. The van der Waals surface area contributed by atoms with Crippen LogP contribution < -0.4 is 5.32 Å². The molecule has 1 aliphatic heterocycles. The number of urea groups is 1. The van der Waals surface area contributed by atoms with Crippen molar-refractivity contribution in [3.63, 3.8) is 0 Å². The van der Waals surface area contributed by atoms with Crippen LogP contribution in [0.1, 0.15) is 11.5 Å². The summed E-state index contributed by atoms with van der Waals surface area (Å²) in [6.45, 7) is 3.58. The zero-order chi connectivity index (χ0) is 17.4. The summed E-state index contributed by atoms with van der Waals surface area (Å²) in [5.41, 5.74) is 2.55. The molecule has 128 valence electrons. The first kappa shape index (κ1) is 15.4. The Labute approximate surface area is 145 Å². The largest absolute Gasteiger partial charge is 0.322 e. The van der Waals surface area contributed by atoms with E-state index in [0.717, 1.165) is 28.6 Å². The van der Waals surface area contributed by atoms with Crippen molar-refractivity contribution in [3.8, 4) is 11.4 Å². The van der Waals surface area contributed by atoms with Gasteiger partial charge >= 0.3 is 6.03 Å². The fourth-order valence-corrected chi connectivity index (χ4v) is 3.05. The van der Waals surface area contributed by atoms with Crippen LogP contribution in [0.25, 0.3) is 11.4 Å². The van der Waals surface area contributed by atoms with Gasteiger partial charge in [0.1, 0.15) is 0 Å². The van der Waals surface area contributed by atoms with Crippen molar-refractivity contribution in [2.45, 2.75) is 20.0 Å². The van der Waals surface area contributed by atoms with E-state index >= 15 is 0 Å². The average molecular weight is 337 g/mol. The highest BCUT2D eigenvalue weighted by molar-refractivity contribution is 5.89. The number of aromatic nitrogens is 5. The first-order chi connectivity index (χ1) is 12.1. The average Bonchev–Trinajstić information content (AvgIpc) is 3.18. The minimum atomic E-state index is -0.147. The van der Waals surface area contributed by atoms with Crippen LogP contribution in [0.15, 0.2) is 36.5 Å². The van der Waals surface area contributed by atoms with Crippen molar-refractivity contribution in [1.29, 1.82) is 0 Å². The van der Waals surface area contributed by atoms with Gasteiger partial charge in [0, 0.05) is 31.9 Å². The van der Waals surface area contributed by atoms with E-state index in [1.165, 1.54) is 0 Å². The second-order valence-electron chi connectivity index (χ2n) is 6.11. The molecule has 0 saturated heterocycles. The van der Waals surface area contributed by atoms with Crippen LogP contribution in [0.3, 0.4) is 0 Å². The van der Waals surface area contributed by atoms with Crippen LogP contribution in [0.4, 0.5) is 10.5 Å². The lowest BCUT2D eigenvalue weighted by Crippen LogP contribution is -2.41. The monoisotopic (exact) mass is 337 g/mol. The minimum Gasteiger partial charge on any atom is -0.315 e. The molecule has 0 radical (unpaired) electrons. The maximum atomic E-state index is 12.5. The lowest BCUT2D eigenvalue weighted by Gasteiger charge is -2.27. The van der Waals surface area contributed by atoms with E-state index in [-0.39, 0.29) is 6.03 Å². The molecule has 25 heavy (non-hydrogen) atoms. The van der Waals surface area contributed by atoms with Gasteiger partial charge in [0.05, 0.1) is 17.9 Å². The Balaban J connectivity index is 1.51. The summed E-state index contributed by atoms with van der Waals surface area (Å²) in [6, 6.07) is 9.82. The lowest BCUT2D eigenvalue weighted by atomic mass is 10.2. The second kappa shape index (κ2) is 6.04. The summed E-state index contributed by atoms with van der Waals surface area (Å²) in [5.74, 6) is 1.64. The molecule has 0 unspecified atom stereocenters. The molecule has 0 atom stereocenters. The molecule has 8 heteroatoms. The van der Waals surface area contributed by atoms with Gasteiger partial charge in [0.25, 0.3) is 0 Å². The van der Waals surface area contributed by atoms with Crippen molar-refractivity contribution in [1.82, 2.24) is 29.4 Å². The number of aryl methyl sites for hydroxylation is 2. The Hall–Kier alpha value is -3.16. The van der Waals surface area contributed by atoms with Gasteiger partial charge in [-0.05, 0) is 6.92 Å². The number of hydrogen-bond donors (Lipinski definition) is 1. The van der Waals surface area contributed by atoms with Gasteiger partial charge in [-0.2, -0.15) is 5.10 Å². The molecule has 0 aliphatic carbocycles. The Morgan fingerprint density at radius 3 is 2.68 bits per heavy atom. The third-order valence-corrected chi connectivity index (χ3v) is 4.33. The number of hydrogen-bond acceptors (Lipinski definition) is 4. The molecule has 4 rings (SSSR count). The first-order valence-corrected chi connectivity index (χ1v) is 8.15. The standard InChI is InChI=1S/C17H19N7O/c1-12-14(10-22(2)21-12)18-17(25)23-8-9-24-15(11-23)19-20-16(24)13-6-4-3-5-7-13/h3-7,10H,8-9,11H2,1-2H3,(H,18,25). The van der Waals surface area contributed by atoms with Gasteiger partial charge in [-0.3, -0.25) is 4.68 Å². The van der Waals surface area contributed by atoms with E-state index in [2.05, 4.69) is 25.2 Å². The smallest absolute Gasteiger partial charge is 0.315 e. The molecule has 0 fully saturated rings. The van der Waals surface area contributed by atoms with E-state index in [4.69, 9.17) is 0 Å². The van der Waals surface area contributed by atoms with Gasteiger partial charge in [-0.25, -0.2) is 4.79 Å². The van der Waals surface area contributed by atoms with Crippen LogP contribution in [0.5, 0.6) is 0 Å². The highest BCUT2D eigenvalue weighted by Crippen LogP contribution is 2.22. The molecular formula is C17H19N7O. The Bertz CT molecular complexity index is 912. The Kier molecular flexibility index (Phi) is 3.72. The quantitative estimate of drug-likeness (QED) is 0.776. The van der Waals surface area contributed by atoms with Crippen LogP contribution in [-0.4, -0.2) is 42.0 Å². The Morgan fingerprint density at radius 1 is 1.16 bits per heavy atom. The maximum Gasteiger partial charge on any atom is 0.322 e. The number of benzene rings is 1. The number of rotatable bonds is 2. The molecule has 1 aromatic carbocycles. The first-order valence-electron chi connectivity index (χ1n) is 8.15. The SMILES string of the molecule is Cc1nn(C)cc1NC(=O)N1CCn2c(nnc2-c2ccccc2)C1. The minimum absolute atomic E-state index is 0.147. The molecule has 0 bridgehead atoms. The summed E-state index contributed by atoms with van der Waals surface area (Å²) in [4.78, 5) is 14.3. The van der Waals surface area contributed by atoms with E-state index < -0.39 is 0 Å². The molecule has 3 heterocycles. The highest BCUT2D eigenvalue weighted by atomic mass is 16.2. The number of anilines is 1. The molecule has 0 saturated carbocycles. The van der Waals surface area contributed by atoms with E-state index in [1.54, 1.807) is 15.8 Å². The summed E-state index contributed by atoms with van der Waals surface area (Å²) in [6.07, 6.45) is 1.80. The molecule has 2 amide bonds. The number of carbonyl (C=O) groups excluding carboxylic acids is 1. The van der Waals surface area contributed by atoms with Gasteiger partial charge in [0.2, 0.25) is 0 Å². The number of nitrogens with zero attached hydrogens (tertiary/aromatic N) is 6. The van der Waals surface area contributed by atoms with Crippen LogP contribution >= 0.6 is 0 Å². The number of fused-ring (bicyclic) bond motifs is 1. The summed E-state index contributed by atoms with van der Waals surface area (Å²) >= 11 is 0. The predicted octanol–water partition coefficient (Wildman–Crippen LogP) is 2.03. The van der Waals surface area contributed by atoms with Gasteiger partial charge in [-0.1, -0.05) is 30.3 Å². The van der Waals surface area contributed by atoms with Crippen LogP contribution in [0.2, 0.25) is 0 Å². The van der Waals surface area contributed by atoms with E-state index in [9.17, 15) is 4.79 Å². The highest BCUT2D eigenvalue weighted by Gasteiger charge is 2.25. The molecular weight excluding hydrogens is 318 g/mol. The van der Waals surface area contributed by atoms with Crippen molar-refractivity contribution >= 4 is 11.7 Å². The number of carbonyl (C=O) groups is 1. The molecule has 8 nitrogen and oxygen atoms in total. The van der Waals surface area contributed by atoms with Crippen LogP contribution in [-0.2, 0) is 20.1 Å². The predicted molar refractivity (Wildman–Crippen MR) is 92.8 cm³/mol. The summed E-state index contributed by atoms with van der Waals surface area (Å²) in [7, 11) is 1.83. The maximum absolute atomic E-state index is 12.5. The van der Waals surface area contributed by atoms with Crippen molar-refractivity contribution < 1.29 is 4.79 Å². The van der Waals surface area contributed by atoms with Crippen molar-refractivity contribution in [2.24, 2.45) is 7.05 Å². The molecule has 3 aromatic rings. The van der Waals surface area contributed by atoms with E-state index in [0.29, 0.717) is 19.6 Å². The molecule has 2 aromatic heterocycles. The lowest BCUT2D eigenvalue weighted by molar-refractivity contribution is 0.196. The number of nitrogens with one attached hydrogen (secondary N) is 1. The fourth-order valence-electron chi connectivity index (χ4n) is 3.05. The zero-order valence-corrected chi connectivity index (χ0v) is 14.2. The topological polar surface area (TPSA) is 80.9 Å². The van der Waals surface area contributed by atoms with Crippen molar-refractivity contribution in [2.75, 3.05) is 11.9 Å². The van der Waals surface area contributed by atoms with Crippen LogP contribution in [0, 0.1) is 6.92 Å². The van der Waals surface area contributed by atoms with Gasteiger partial charge in [-0.15, -0.1) is 10.2 Å². The third kappa shape index (κ3) is 2.86. The molecule has 0 spiro atoms. The third-order valence-electron chi connectivity index (χ3n) is 4.33.